The van der Waals surface area contributed by atoms with Gasteiger partial charge >= 0.3 is 5.97 Å². The van der Waals surface area contributed by atoms with Crippen molar-refractivity contribution < 1.29 is 14.3 Å². The average Bonchev–Trinajstić information content (AvgIpc) is 2.17. The van der Waals surface area contributed by atoms with Gasteiger partial charge in [-0.1, -0.05) is 25.3 Å². The number of rotatable bonds is 6. The Morgan fingerprint density at radius 2 is 1.87 bits per heavy atom. The minimum atomic E-state index is -0.387. The van der Waals surface area contributed by atoms with Gasteiger partial charge < -0.3 is 9.47 Å². The van der Waals surface area contributed by atoms with Crippen LogP contribution in [0.3, 0.4) is 0 Å². The van der Waals surface area contributed by atoms with Crippen molar-refractivity contribution in [2.45, 2.75) is 20.0 Å². The highest BCUT2D eigenvalue weighted by Gasteiger charge is 2.15. The van der Waals surface area contributed by atoms with E-state index in [-0.39, 0.29) is 18.7 Å². The topological polar surface area (TPSA) is 35.5 Å². The molecular formula is C12H18O3. The summed E-state index contributed by atoms with van der Waals surface area (Å²) in [7, 11) is 1.52. The number of hydrogen-bond acceptors (Lipinski definition) is 3. The molecule has 0 bridgehead atoms. The summed E-state index contributed by atoms with van der Waals surface area (Å²) < 4.78 is 10.0. The highest BCUT2D eigenvalue weighted by molar-refractivity contribution is 5.91. The van der Waals surface area contributed by atoms with E-state index in [1.165, 1.54) is 7.11 Å². The van der Waals surface area contributed by atoms with Crippen molar-refractivity contribution in [1.82, 2.24) is 0 Å². The second-order valence-corrected chi connectivity index (χ2v) is 3.23. The van der Waals surface area contributed by atoms with E-state index >= 15 is 0 Å². The molecule has 0 spiro atoms. The van der Waals surface area contributed by atoms with Gasteiger partial charge in [-0.05, 0) is 19.4 Å². The Morgan fingerprint density at radius 3 is 2.20 bits per heavy atom. The maximum Gasteiger partial charge on any atom is 0.337 e. The average molecular weight is 210 g/mol. The van der Waals surface area contributed by atoms with E-state index in [0.717, 1.165) is 0 Å². The lowest BCUT2D eigenvalue weighted by atomic mass is 10.1. The lowest BCUT2D eigenvalue weighted by Gasteiger charge is -2.12. The molecule has 0 aromatic rings. The van der Waals surface area contributed by atoms with Crippen molar-refractivity contribution in [3.05, 3.63) is 36.5 Å². The third-order valence-corrected chi connectivity index (χ3v) is 1.67. The fraction of sp³-hybridized carbons (Fsp3) is 0.417. The molecule has 15 heavy (non-hydrogen) atoms. The Hall–Kier alpha value is -1.35. The Labute approximate surface area is 91.1 Å². The zero-order valence-corrected chi connectivity index (χ0v) is 9.58. The molecule has 0 atom stereocenters. The molecule has 0 unspecified atom stereocenters. The van der Waals surface area contributed by atoms with Crippen LogP contribution >= 0.6 is 0 Å². The summed E-state index contributed by atoms with van der Waals surface area (Å²) in [5, 5.41) is 0. The van der Waals surface area contributed by atoms with Crippen LogP contribution in [0, 0.1) is 0 Å². The van der Waals surface area contributed by atoms with Crippen LogP contribution in [0.5, 0.6) is 0 Å². The molecule has 0 rings (SSSR count). The van der Waals surface area contributed by atoms with Gasteiger partial charge in [0.2, 0.25) is 0 Å². The van der Waals surface area contributed by atoms with Crippen LogP contribution in [0.4, 0.5) is 0 Å². The van der Waals surface area contributed by atoms with Crippen molar-refractivity contribution in [1.29, 1.82) is 0 Å². The van der Waals surface area contributed by atoms with Gasteiger partial charge in [0.05, 0.1) is 18.3 Å². The molecule has 0 heterocycles. The summed E-state index contributed by atoms with van der Waals surface area (Å²) >= 11 is 0. The van der Waals surface area contributed by atoms with Crippen LogP contribution in [0.15, 0.2) is 36.5 Å². The lowest BCUT2D eigenvalue weighted by Crippen LogP contribution is -2.17. The highest BCUT2D eigenvalue weighted by atomic mass is 16.5. The van der Waals surface area contributed by atoms with Crippen LogP contribution in [0.2, 0.25) is 0 Å². The van der Waals surface area contributed by atoms with Gasteiger partial charge in [-0.3, -0.25) is 0 Å². The molecule has 3 heteroatoms. The maximum atomic E-state index is 11.6. The van der Waals surface area contributed by atoms with Gasteiger partial charge in [0.1, 0.15) is 0 Å². The normalized spacial score (nSPS) is 9.60. The number of allylic oxidation sites excluding steroid dienone is 3. The van der Waals surface area contributed by atoms with Crippen molar-refractivity contribution >= 4 is 5.97 Å². The molecule has 0 saturated carbocycles. The molecule has 0 N–H and O–H groups in total. The molecular weight excluding hydrogens is 192 g/mol. The molecule has 0 saturated heterocycles. The molecule has 0 amide bonds. The Bertz CT molecular complexity index is 265. The first-order chi connectivity index (χ1) is 7.06. The van der Waals surface area contributed by atoms with E-state index in [1.807, 2.05) is 0 Å². The summed E-state index contributed by atoms with van der Waals surface area (Å²) in [5.74, 6) is -0.387. The fourth-order valence-electron chi connectivity index (χ4n) is 1.02. The van der Waals surface area contributed by atoms with Crippen molar-refractivity contribution in [3.8, 4) is 0 Å². The van der Waals surface area contributed by atoms with Gasteiger partial charge in [0.15, 0.2) is 0 Å². The van der Waals surface area contributed by atoms with E-state index < -0.39 is 0 Å². The van der Waals surface area contributed by atoms with E-state index in [4.69, 9.17) is 9.47 Å². The monoisotopic (exact) mass is 210 g/mol. The first-order valence-electron chi connectivity index (χ1n) is 4.74. The number of ether oxygens (including phenoxy) is 2. The van der Waals surface area contributed by atoms with Gasteiger partial charge in [-0.15, -0.1) is 0 Å². The van der Waals surface area contributed by atoms with E-state index in [9.17, 15) is 4.79 Å². The minimum Gasteiger partial charge on any atom is -0.460 e. The summed E-state index contributed by atoms with van der Waals surface area (Å²) in [6, 6.07) is 0. The highest BCUT2D eigenvalue weighted by Crippen LogP contribution is 2.11. The molecule has 84 valence electrons. The smallest absolute Gasteiger partial charge is 0.337 e. The molecule has 0 aliphatic heterocycles. The zero-order chi connectivity index (χ0) is 11.8. The van der Waals surface area contributed by atoms with Crippen LogP contribution in [-0.4, -0.2) is 25.8 Å². The van der Waals surface area contributed by atoms with Crippen LogP contribution in [-0.2, 0) is 14.3 Å². The molecule has 0 aliphatic rings. The third-order valence-electron chi connectivity index (χ3n) is 1.67. The quantitative estimate of drug-likeness (QED) is 0.383. The van der Waals surface area contributed by atoms with Crippen LogP contribution < -0.4 is 0 Å². The predicted octanol–water partition coefficient (Wildman–Crippen LogP) is 2.25. The van der Waals surface area contributed by atoms with Crippen LogP contribution in [0.25, 0.3) is 0 Å². The molecule has 3 nitrogen and oxygen atoms in total. The van der Waals surface area contributed by atoms with Crippen molar-refractivity contribution in [2.75, 3.05) is 13.7 Å². The molecule has 0 radical (unpaired) electrons. The van der Waals surface area contributed by atoms with E-state index in [1.54, 1.807) is 26.0 Å². The largest absolute Gasteiger partial charge is 0.460 e. The van der Waals surface area contributed by atoms with E-state index in [2.05, 4.69) is 13.2 Å². The first kappa shape index (κ1) is 13.7. The molecule has 0 aromatic heterocycles. The SMILES string of the molecule is C=CC(C=C)=C(COC)C(=O)OC(C)C. The summed E-state index contributed by atoms with van der Waals surface area (Å²) in [5.41, 5.74) is 1.08. The number of methoxy groups -OCH3 is 1. The second kappa shape index (κ2) is 7.01. The first-order valence-corrected chi connectivity index (χ1v) is 4.74. The van der Waals surface area contributed by atoms with Crippen molar-refractivity contribution in [2.24, 2.45) is 0 Å². The molecule has 0 aliphatic carbocycles. The van der Waals surface area contributed by atoms with Crippen molar-refractivity contribution in [3.63, 3.8) is 0 Å². The fourth-order valence-corrected chi connectivity index (χ4v) is 1.02. The molecule has 0 aromatic carbocycles. The van der Waals surface area contributed by atoms with Gasteiger partial charge in [-0.2, -0.15) is 0 Å². The molecule has 0 fully saturated rings. The lowest BCUT2D eigenvalue weighted by molar-refractivity contribution is -0.143. The second-order valence-electron chi connectivity index (χ2n) is 3.23. The van der Waals surface area contributed by atoms with Gasteiger partial charge in [0, 0.05) is 7.11 Å². The van der Waals surface area contributed by atoms with Crippen LogP contribution in [0.1, 0.15) is 13.8 Å². The standard InChI is InChI=1S/C12H18O3/c1-6-10(7-2)11(8-14-5)12(13)15-9(3)4/h6-7,9H,1-2,8H2,3-5H3. The maximum absolute atomic E-state index is 11.6. The van der Waals surface area contributed by atoms with Gasteiger partial charge in [0.25, 0.3) is 0 Å². The summed E-state index contributed by atoms with van der Waals surface area (Å²) in [4.78, 5) is 11.6. The number of hydrogen-bond donors (Lipinski definition) is 0. The van der Waals surface area contributed by atoms with E-state index in [0.29, 0.717) is 11.1 Å². The number of carbonyl (C=O) groups is 1. The zero-order valence-electron chi connectivity index (χ0n) is 9.58. The third kappa shape index (κ3) is 4.61. The number of carbonyl (C=O) groups excluding carboxylic acids is 1. The Kier molecular flexibility index (Phi) is 6.38. The predicted molar refractivity (Wildman–Crippen MR) is 60.5 cm³/mol. The van der Waals surface area contributed by atoms with Gasteiger partial charge in [-0.25, -0.2) is 4.79 Å². The summed E-state index contributed by atoms with van der Waals surface area (Å²) in [6.07, 6.45) is 2.96. The number of esters is 1. The Balaban J connectivity index is 4.94. The Morgan fingerprint density at radius 1 is 1.33 bits per heavy atom. The summed E-state index contributed by atoms with van der Waals surface area (Å²) in [6.45, 7) is 11.0. The minimum absolute atomic E-state index is 0.153.